The molecule has 0 radical (unpaired) electrons. The van der Waals surface area contributed by atoms with Gasteiger partial charge in [-0.25, -0.2) is 4.79 Å². The highest BCUT2D eigenvalue weighted by Crippen LogP contribution is 2.22. The molecule has 0 saturated carbocycles. The predicted molar refractivity (Wildman–Crippen MR) is 88.1 cm³/mol. The fourth-order valence-corrected chi connectivity index (χ4v) is 2.21. The quantitative estimate of drug-likeness (QED) is 0.851. The fourth-order valence-electron chi connectivity index (χ4n) is 1.98. The van der Waals surface area contributed by atoms with E-state index in [0.717, 1.165) is 5.56 Å². The minimum atomic E-state index is -0.518. The molecule has 2 aromatic rings. The summed E-state index contributed by atoms with van der Waals surface area (Å²) in [5.74, 6) is -0.322. The van der Waals surface area contributed by atoms with E-state index in [1.54, 1.807) is 42.5 Å². The van der Waals surface area contributed by atoms with Gasteiger partial charge >= 0.3 is 5.97 Å². The van der Waals surface area contributed by atoms with Crippen molar-refractivity contribution in [2.75, 3.05) is 19.0 Å². The standard InChI is InChI=1S/C17H16ClNO4/c1-11-9-12(18)7-8-15(11)23-10-16(20)19-14-6-4-3-5-13(14)17(21)22-2/h3-9H,10H2,1-2H3,(H,19,20). The molecular weight excluding hydrogens is 318 g/mol. The van der Waals surface area contributed by atoms with Crippen LogP contribution in [-0.4, -0.2) is 25.6 Å². The highest BCUT2D eigenvalue weighted by atomic mass is 35.5. The van der Waals surface area contributed by atoms with Gasteiger partial charge in [-0.3, -0.25) is 4.79 Å². The van der Waals surface area contributed by atoms with Crippen LogP contribution in [0.15, 0.2) is 42.5 Å². The monoisotopic (exact) mass is 333 g/mol. The van der Waals surface area contributed by atoms with Crippen molar-refractivity contribution in [3.63, 3.8) is 0 Å². The number of hydrogen-bond donors (Lipinski definition) is 1. The van der Waals surface area contributed by atoms with Gasteiger partial charge in [0, 0.05) is 5.02 Å². The Balaban J connectivity index is 2.01. The van der Waals surface area contributed by atoms with Crippen molar-refractivity contribution in [1.82, 2.24) is 0 Å². The molecule has 0 aromatic heterocycles. The first kappa shape index (κ1) is 16.8. The van der Waals surface area contributed by atoms with Crippen LogP contribution < -0.4 is 10.1 Å². The number of benzene rings is 2. The third kappa shape index (κ3) is 4.47. The first-order valence-electron chi connectivity index (χ1n) is 6.87. The third-order valence-electron chi connectivity index (χ3n) is 3.10. The topological polar surface area (TPSA) is 64.6 Å². The Hall–Kier alpha value is -2.53. The second kappa shape index (κ2) is 7.65. The van der Waals surface area contributed by atoms with Gasteiger partial charge in [-0.15, -0.1) is 0 Å². The van der Waals surface area contributed by atoms with Crippen LogP contribution in [0, 0.1) is 6.92 Å². The van der Waals surface area contributed by atoms with Crippen LogP contribution in [0.1, 0.15) is 15.9 Å². The number of anilines is 1. The highest BCUT2D eigenvalue weighted by molar-refractivity contribution is 6.30. The van der Waals surface area contributed by atoms with Crippen molar-refractivity contribution in [1.29, 1.82) is 0 Å². The number of aryl methyl sites for hydroxylation is 1. The lowest BCUT2D eigenvalue weighted by Crippen LogP contribution is -2.22. The molecule has 2 rings (SSSR count). The minimum absolute atomic E-state index is 0.183. The molecule has 1 N–H and O–H groups in total. The second-order valence-corrected chi connectivity index (χ2v) is 5.22. The molecule has 1 amide bonds. The summed E-state index contributed by atoms with van der Waals surface area (Å²) in [6.07, 6.45) is 0. The van der Waals surface area contributed by atoms with E-state index in [9.17, 15) is 9.59 Å². The van der Waals surface area contributed by atoms with Crippen LogP contribution in [-0.2, 0) is 9.53 Å². The average Bonchev–Trinajstić information content (AvgIpc) is 2.54. The van der Waals surface area contributed by atoms with E-state index in [4.69, 9.17) is 16.3 Å². The molecule has 23 heavy (non-hydrogen) atoms. The molecule has 5 nitrogen and oxygen atoms in total. The summed E-state index contributed by atoms with van der Waals surface area (Å²) in [6.45, 7) is 1.66. The maximum Gasteiger partial charge on any atom is 0.339 e. The number of carbonyl (C=O) groups is 2. The first-order chi connectivity index (χ1) is 11.0. The number of carbonyl (C=O) groups excluding carboxylic acids is 2. The van der Waals surface area contributed by atoms with Gasteiger partial charge in [0.1, 0.15) is 5.75 Å². The molecule has 0 fully saturated rings. The Kier molecular flexibility index (Phi) is 5.60. The number of rotatable bonds is 5. The van der Waals surface area contributed by atoms with Crippen molar-refractivity contribution >= 4 is 29.2 Å². The molecule has 0 saturated heterocycles. The lowest BCUT2D eigenvalue weighted by molar-refractivity contribution is -0.118. The lowest BCUT2D eigenvalue weighted by atomic mass is 10.2. The van der Waals surface area contributed by atoms with Crippen molar-refractivity contribution in [2.24, 2.45) is 0 Å². The Labute approximate surface area is 139 Å². The molecule has 0 aliphatic carbocycles. The van der Waals surface area contributed by atoms with Gasteiger partial charge in [0.15, 0.2) is 6.61 Å². The van der Waals surface area contributed by atoms with Crippen molar-refractivity contribution in [3.05, 3.63) is 58.6 Å². The highest BCUT2D eigenvalue weighted by Gasteiger charge is 2.13. The van der Waals surface area contributed by atoms with Crippen LogP contribution >= 0.6 is 11.6 Å². The summed E-state index contributed by atoms with van der Waals surface area (Å²) in [7, 11) is 1.29. The van der Waals surface area contributed by atoms with E-state index >= 15 is 0 Å². The molecule has 0 spiro atoms. The van der Waals surface area contributed by atoms with Gasteiger partial charge in [-0.1, -0.05) is 23.7 Å². The van der Waals surface area contributed by atoms with E-state index in [1.165, 1.54) is 7.11 Å². The summed E-state index contributed by atoms with van der Waals surface area (Å²) in [4.78, 5) is 23.7. The van der Waals surface area contributed by atoms with Crippen LogP contribution in [0.3, 0.4) is 0 Å². The van der Waals surface area contributed by atoms with E-state index in [0.29, 0.717) is 16.5 Å². The molecule has 0 aliphatic heterocycles. The number of nitrogens with one attached hydrogen (secondary N) is 1. The Morgan fingerprint density at radius 2 is 1.91 bits per heavy atom. The largest absolute Gasteiger partial charge is 0.483 e. The van der Waals surface area contributed by atoms with Crippen LogP contribution in [0.2, 0.25) is 5.02 Å². The van der Waals surface area contributed by atoms with Crippen LogP contribution in [0.25, 0.3) is 0 Å². The van der Waals surface area contributed by atoms with Gasteiger partial charge in [-0.2, -0.15) is 0 Å². The van der Waals surface area contributed by atoms with Gasteiger partial charge in [0.25, 0.3) is 5.91 Å². The molecular formula is C17H16ClNO4. The zero-order valence-electron chi connectivity index (χ0n) is 12.8. The Morgan fingerprint density at radius 3 is 2.61 bits per heavy atom. The maximum absolute atomic E-state index is 12.0. The van der Waals surface area contributed by atoms with Crippen molar-refractivity contribution < 1.29 is 19.1 Å². The molecule has 0 unspecified atom stereocenters. The number of ether oxygens (including phenoxy) is 2. The molecule has 0 atom stereocenters. The lowest BCUT2D eigenvalue weighted by Gasteiger charge is -2.11. The number of esters is 1. The van der Waals surface area contributed by atoms with E-state index < -0.39 is 5.97 Å². The number of para-hydroxylation sites is 1. The zero-order chi connectivity index (χ0) is 16.8. The van der Waals surface area contributed by atoms with E-state index in [1.807, 2.05) is 6.92 Å². The number of amides is 1. The molecule has 2 aromatic carbocycles. The summed E-state index contributed by atoms with van der Waals surface area (Å²) in [5.41, 5.74) is 1.49. The van der Waals surface area contributed by atoms with Crippen molar-refractivity contribution in [3.8, 4) is 5.75 Å². The molecule has 6 heteroatoms. The maximum atomic E-state index is 12.0. The first-order valence-corrected chi connectivity index (χ1v) is 7.25. The summed E-state index contributed by atoms with van der Waals surface area (Å²) in [6, 6.07) is 11.7. The number of halogens is 1. The molecule has 120 valence electrons. The molecule has 0 bridgehead atoms. The SMILES string of the molecule is COC(=O)c1ccccc1NC(=O)COc1ccc(Cl)cc1C. The fraction of sp³-hybridized carbons (Fsp3) is 0.176. The number of hydrogen-bond acceptors (Lipinski definition) is 4. The molecule has 0 heterocycles. The van der Waals surface area contributed by atoms with Gasteiger partial charge < -0.3 is 14.8 Å². The normalized spacial score (nSPS) is 10.0. The van der Waals surface area contributed by atoms with Crippen LogP contribution in [0.4, 0.5) is 5.69 Å². The third-order valence-corrected chi connectivity index (χ3v) is 3.34. The summed E-state index contributed by atoms with van der Waals surface area (Å²) >= 11 is 5.87. The Bertz CT molecular complexity index is 730. The van der Waals surface area contributed by atoms with Crippen molar-refractivity contribution in [2.45, 2.75) is 6.92 Å². The Morgan fingerprint density at radius 1 is 1.17 bits per heavy atom. The average molecular weight is 334 g/mol. The van der Waals surface area contributed by atoms with E-state index in [-0.39, 0.29) is 18.1 Å². The summed E-state index contributed by atoms with van der Waals surface area (Å²) < 4.78 is 10.1. The second-order valence-electron chi connectivity index (χ2n) is 4.78. The molecule has 0 aliphatic rings. The predicted octanol–water partition coefficient (Wildman–Crippen LogP) is 3.45. The smallest absolute Gasteiger partial charge is 0.339 e. The van der Waals surface area contributed by atoms with Crippen LogP contribution in [0.5, 0.6) is 5.75 Å². The van der Waals surface area contributed by atoms with Gasteiger partial charge in [0.05, 0.1) is 18.4 Å². The van der Waals surface area contributed by atoms with Gasteiger partial charge in [0.2, 0.25) is 0 Å². The summed E-state index contributed by atoms with van der Waals surface area (Å²) in [5, 5.41) is 3.24. The minimum Gasteiger partial charge on any atom is -0.483 e. The van der Waals surface area contributed by atoms with E-state index in [2.05, 4.69) is 10.1 Å². The zero-order valence-corrected chi connectivity index (χ0v) is 13.5. The van der Waals surface area contributed by atoms with Gasteiger partial charge in [-0.05, 0) is 42.8 Å². The number of methoxy groups -OCH3 is 1.